The van der Waals surface area contributed by atoms with Crippen LogP contribution in [0.4, 0.5) is 0 Å². The van der Waals surface area contributed by atoms with Crippen molar-refractivity contribution in [2.24, 2.45) is 0 Å². The lowest BCUT2D eigenvalue weighted by atomic mass is 10.0. The molecule has 2 aliphatic rings. The van der Waals surface area contributed by atoms with Gasteiger partial charge in [-0.15, -0.1) is 11.3 Å². The fraction of sp³-hybridized carbons (Fsp3) is 0.778. The Morgan fingerprint density at radius 2 is 1.95 bits per heavy atom. The molecule has 2 fully saturated rings. The third kappa shape index (κ3) is 4.31. The van der Waals surface area contributed by atoms with Gasteiger partial charge in [-0.1, -0.05) is 31.7 Å². The van der Waals surface area contributed by atoms with Crippen LogP contribution in [-0.4, -0.2) is 53.2 Å². The normalized spacial score (nSPS) is 26.1. The summed E-state index contributed by atoms with van der Waals surface area (Å²) in [6.07, 6.45) is 9.35. The summed E-state index contributed by atoms with van der Waals surface area (Å²) in [6.45, 7) is 4.87. The molecule has 1 aromatic heterocycles. The highest BCUT2D eigenvalue weighted by Crippen LogP contribution is 2.26. The molecule has 124 valence electrons. The van der Waals surface area contributed by atoms with Crippen molar-refractivity contribution in [2.75, 3.05) is 26.2 Å². The van der Waals surface area contributed by atoms with E-state index in [9.17, 15) is 5.11 Å². The molecule has 1 N–H and O–H groups in total. The van der Waals surface area contributed by atoms with Gasteiger partial charge in [0.25, 0.3) is 0 Å². The summed E-state index contributed by atoms with van der Waals surface area (Å²) in [5.41, 5.74) is 0. The third-order valence-corrected chi connectivity index (χ3v) is 6.24. The lowest BCUT2D eigenvalue weighted by molar-refractivity contribution is 0.0281. The predicted molar refractivity (Wildman–Crippen MR) is 93.3 cm³/mol. The van der Waals surface area contributed by atoms with Crippen LogP contribution in [0, 0.1) is 0 Å². The van der Waals surface area contributed by atoms with Crippen LogP contribution >= 0.6 is 11.3 Å². The number of hydrogen-bond acceptors (Lipinski definition) is 4. The molecule has 0 aromatic carbocycles. The van der Waals surface area contributed by atoms with Crippen molar-refractivity contribution in [1.29, 1.82) is 0 Å². The molecule has 1 atom stereocenters. The third-order valence-electron chi connectivity index (χ3n) is 5.38. The summed E-state index contributed by atoms with van der Waals surface area (Å²) in [5, 5.41) is 11.6. The molecule has 22 heavy (non-hydrogen) atoms. The monoisotopic (exact) mass is 322 g/mol. The first kappa shape index (κ1) is 16.4. The largest absolute Gasteiger partial charge is 0.396 e. The van der Waals surface area contributed by atoms with Gasteiger partial charge in [0.2, 0.25) is 0 Å². The molecule has 1 aliphatic carbocycles. The molecule has 2 heterocycles. The predicted octanol–water partition coefficient (Wildman–Crippen LogP) is 3.34. The van der Waals surface area contributed by atoms with Crippen molar-refractivity contribution in [3.8, 4) is 0 Å². The molecule has 1 saturated heterocycles. The van der Waals surface area contributed by atoms with Crippen molar-refractivity contribution in [3.05, 3.63) is 22.4 Å². The van der Waals surface area contributed by atoms with Crippen molar-refractivity contribution in [3.63, 3.8) is 0 Å². The van der Waals surface area contributed by atoms with Crippen molar-refractivity contribution in [2.45, 2.75) is 63.6 Å². The topological polar surface area (TPSA) is 26.7 Å². The van der Waals surface area contributed by atoms with Gasteiger partial charge < -0.3 is 5.11 Å². The van der Waals surface area contributed by atoms with Gasteiger partial charge in [-0.3, -0.25) is 9.80 Å². The number of nitrogens with zero attached hydrogens (tertiary/aromatic N) is 2. The van der Waals surface area contributed by atoms with Gasteiger partial charge in [0, 0.05) is 49.7 Å². The summed E-state index contributed by atoms with van der Waals surface area (Å²) in [4.78, 5) is 6.78. The van der Waals surface area contributed by atoms with Gasteiger partial charge in [0.05, 0.1) is 0 Å². The number of aliphatic hydroxyl groups excluding tert-OH is 1. The Bertz CT molecular complexity index is 415. The Balaban J connectivity index is 1.59. The number of piperazine rings is 1. The minimum absolute atomic E-state index is 0.310. The zero-order valence-corrected chi connectivity index (χ0v) is 14.4. The molecule has 1 aromatic rings. The molecule has 3 nitrogen and oxygen atoms in total. The number of thiophene rings is 1. The molecule has 4 heteroatoms. The van der Waals surface area contributed by atoms with E-state index >= 15 is 0 Å². The second-order valence-electron chi connectivity index (χ2n) is 6.86. The quantitative estimate of drug-likeness (QED) is 0.842. The molecule has 3 rings (SSSR count). The Kier molecular flexibility index (Phi) is 6.30. The first-order valence-electron chi connectivity index (χ1n) is 8.98. The van der Waals surface area contributed by atoms with Gasteiger partial charge in [0.15, 0.2) is 0 Å². The van der Waals surface area contributed by atoms with Crippen LogP contribution in [-0.2, 0) is 6.54 Å². The van der Waals surface area contributed by atoms with E-state index in [4.69, 9.17) is 0 Å². The lowest BCUT2D eigenvalue weighted by Gasteiger charge is -2.44. The van der Waals surface area contributed by atoms with E-state index < -0.39 is 0 Å². The standard InChI is InChI=1S/C18H30N2OS/c21-12-9-17-14-19(16-6-3-1-2-4-7-16)10-11-20(17)15-18-8-5-13-22-18/h5,8,13,16-17,21H,1-4,6-7,9-12,14-15H2/t17-/m0/s1. The van der Waals surface area contributed by atoms with Crippen molar-refractivity contribution < 1.29 is 5.11 Å². The molecule has 0 radical (unpaired) electrons. The Labute approximate surface area is 138 Å². The fourth-order valence-corrected chi connectivity index (χ4v) is 4.83. The fourth-order valence-electron chi connectivity index (χ4n) is 4.11. The maximum Gasteiger partial charge on any atom is 0.0446 e. The number of aliphatic hydroxyl groups is 1. The maximum absolute atomic E-state index is 9.46. The Hall–Kier alpha value is -0.420. The smallest absolute Gasteiger partial charge is 0.0446 e. The van der Waals surface area contributed by atoms with Crippen LogP contribution in [0.2, 0.25) is 0 Å². The molecular formula is C18H30N2OS. The SMILES string of the molecule is OCC[C@H]1CN(C2CCCCCC2)CCN1Cc1cccs1. The van der Waals surface area contributed by atoms with Crippen LogP contribution in [0.5, 0.6) is 0 Å². The second kappa shape index (κ2) is 8.44. The van der Waals surface area contributed by atoms with E-state index in [1.807, 2.05) is 11.3 Å². The molecular weight excluding hydrogens is 292 g/mol. The van der Waals surface area contributed by atoms with Gasteiger partial charge in [-0.05, 0) is 30.7 Å². The summed E-state index contributed by atoms with van der Waals surface area (Å²) >= 11 is 1.85. The second-order valence-corrected chi connectivity index (χ2v) is 7.89. The molecule has 1 saturated carbocycles. The van der Waals surface area contributed by atoms with Gasteiger partial charge in [0.1, 0.15) is 0 Å². The van der Waals surface area contributed by atoms with Crippen molar-refractivity contribution >= 4 is 11.3 Å². The van der Waals surface area contributed by atoms with Crippen LogP contribution in [0.15, 0.2) is 17.5 Å². The molecule has 0 bridgehead atoms. The number of hydrogen-bond donors (Lipinski definition) is 1. The first-order chi connectivity index (χ1) is 10.9. The molecule has 1 aliphatic heterocycles. The minimum atomic E-state index is 0.310. The van der Waals surface area contributed by atoms with Gasteiger partial charge in [-0.2, -0.15) is 0 Å². The van der Waals surface area contributed by atoms with Gasteiger partial charge in [-0.25, -0.2) is 0 Å². The van der Waals surface area contributed by atoms with Crippen LogP contribution < -0.4 is 0 Å². The summed E-state index contributed by atoms with van der Waals surface area (Å²) < 4.78 is 0. The maximum atomic E-state index is 9.46. The van der Waals surface area contributed by atoms with Crippen molar-refractivity contribution in [1.82, 2.24) is 9.80 Å². The van der Waals surface area contributed by atoms with E-state index in [-0.39, 0.29) is 0 Å². The highest BCUT2D eigenvalue weighted by atomic mass is 32.1. The van der Waals surface area contributed by atoms with E-state index in [2.05, 4.69) is 27.3 Å². The zero-order valence-electron chi connectivity index (χ0n) is 13.6. The van der Waals surface area contributed by atoms with Crippen LogP contribution in [0.3, 0.4) is 0 Å². The van der Waals surface area contributed by atoms with E-state index in [0.717, 1.165) is 32.1 Å². The van der Waals surface area contributed by atoms with Gasteiger partial charge >= 0.3 is 0 Å². The zero-order chi connectivity index (χ0) is 15.2. The van der Waals surface area contributed by atoms with Crippen LogP contribution in [0.1, 0.15) is 49.8 Å². The molecule has 0 amide bonds. The summed E-state index contributed by atoms with van der Waals surface area (Å²) in [5.74, 6) is 0. The first-order valence-corrected chi connectivity index (χ1v) is 9.86. The van der Waals surface area contributed by atoms with Crippen LogP contribution in [0.25, 0.3) is 0 Å². The summed E-state index contributed by atoms with van der Waals surface area (Å²) in [7, 11) is 0. The highest BCUT2D eigenvalue weighted by Gasteiger charge is 2.30. The number of rotatable bonds is 5. The molecule has 0 unspecified atom stereocenters. The van der Waals surface area contributed by atoms with E-state index in [1.165, 1.54) is 49.9 Å². The lowest BCUT2D eigenvalue weighted by Crippen LogP contribution is -2.55. The molecule has 0 spiro atoms. The summed E-state index contributed by atoms with van der Waals surface area (Å²) in [6, 6.07) is 5.69. The Morgan fingerprint density at radius 1 is 1.14 bits per heavy atom. The average molecular weight is 323 g/mol. The van der Waals surface area contributed by atoms with E-state index in [0.29, 0.717) is 12.6 Å². The minimum Gasteiger partial charge on any atom is -0.396 e. The highest BCUT2D eigenvalue weighted by molar-refractivity contribution is 7.09. The van der Waals surface area contributed by atoms with E-state index in [1.54, 1.807) is 0 Å². The Morgan fingerprint density at radius 3 is 2.64 bits per heavy atom. The average Bonchev–Trinajstić information content (AvgIpc) is 2.89.